The number of alkyl halides is 1. The number of nitrogens with two attached hydrogens (primary N) is 1. The van der Waals surface area contributed by atoms with E-state index in [0.29, 0.717) is 5.84 Å². The first-order valence-electron chi connectivity index (χ1n) is 6.60. The van der Waals surface area contributed by atoms with Crippen LogP contribution in [-0.2, 0) is 0 Å². The van der Waals surface area contributed by atoms with Crippen molar-refractivity contribution < 1.29 is 0 Å². The SMILES string of the molecule is NC(CCl)=Nc1cccc(-c2cnc3ccccc3c2)c1. The first-order chi connectivity index (χ1) is 10.3. The summed E-state index contributed by atoms with van der Waals surface area (Å²) >= 11 is 5.66. The first kappa shape index (κ1) is 13.6. The Kier molecular flexibility index (Phi) is 3.84. The van der Waals surface area contributed by atoms with E-state index in [9.17, 15) is 0 Å². The molecular formula is C17H14ClN3. The van der Waals surface area contributed by atoms with E-state index in [1.807, 2.05) is 48.7 Å². The number of aliphatic imine (C=N–C) groups is 1. The zero-order valence-electron chi connectivity index (χ0n) is 11.3. The summed E-state index contributed by atoms with van der Waals surface area (Å²) in [5.74, 6) is 0.632. The van der Waals surface area contributed by atoms with Crippen LogP contribution in [0, 0.1) is 0 Å². The molecule has 0 aliphatic rings. The van der Waals surface area contributed by atoms with Crippen molar-refractivity contribution in [3.8, 4) is 11.1 Å². The average Bonchev–Trinajstić information content (AvgIpc) is 2.54. The highest BCUT2D eigenvalue weighted by Crippen LogP contribution is 2.26. The van der Waals surface area contributed by atoms with Gasteiger partial charge >= 0.3 is 0 Å². The zero-order chi connectivity index (χ0) is 14.7. The number of rotatable bonds is 3. The van der Waals surface area contributed by atoms with Crippen LogP contribution in [0.4, 0.5) is 5.69 Å². The van der Waals surface area contributed by atoms with Gasteiger partial charge in [-0.15, -0.1) is 11.6 Å². The fourth-order valence-corrected chi connectivity index (χ4v) is 2.24. The van der Waals surface area contributed by atoms with Crippen LogP contribution in [0.25, 0.3) is 22.0 Å². The van der Waals surface area contributed by atoms with Crippen molar-refractivity contribution in [2.75, 3.05) is 5.88 Å². The molecule has 0 fully saturated rings. The zero-order valence-corrected chi connectivity index (χ0v) is 12.1. The molecule has 0 radical (unpaired) electrons. The van der Waals surface area contributed by atoms with Gasteiger partial charge < -0.3 is 5.73 Å². The van der Waals surface area contributed by atoms with Crippen LogP contribution in [0.5, 0.6) is 0 Å². The Morgan fingerprint density at radius 2 is 1.90 bits per heavy atom. The van der Waals surface area contributed by atoms with Gasteiger partial charge in [0.15, 0.2) is 0 Å². The van der Waals surface area contributed by atoms with Gasteiger partial charge in [-0.1, -0.05) is 30.3 Å². The lowest BCUT2D eigenvalue weighted by molar-refractivity contribution is 1.40. The number of halogens is 1. The van der Waals surface area contributed by atoms with Crippen molar-refractivity contribution in [2.24, 2.45) is 10.7 Å². The molecule has 2 aromatic carbocycles. The first-order valence-corrected chi connectivity index (χ1v) is 7.14. The molecule has 0 bridgehead atoms. The minimum Gasteiger partial charge on any atom is -0.386 e. The van der Waals surface area contributed by atoms with Crippen LogP contribution in [0.3, 0.4) is 0 Å². The molecule has 1 aromatic heterocycles. The number of benzene rings is 2. The minimum atomic E-state index is 0.224. The third kappa shape index (κ3) is 3.03. The second-order valence-corrected chi connectivity index (χ2v) is 4.97. The second kappa shape index (κ2) is 5.94. The Morgan fingerprint density at radius 3 is 2.76 bits per heavy atom. The molecule has 104 valence electrons. The van der Waals surface area contributed by atoms with Gasteiger partial charge in [0.05, 0.1) is 17.1 Å². The highest BCUT2D eigenvalue weighted by Gasteiger charge is 2.02. The van der Waals surface area contributed by atoms with Crippen LogP contribution in [0.1, 0.15) is 0 Å². The van der Waals surface area contributed by atoms with E-state index in [0.717, 1.165) is 27.7 Å². The number of hydrogen-bond acceptors (Lipinski definition) is 2. The molecule has 0 aliphatic carbocycles. The molecule has 0 saturated carbocycles. The second-order valence-electron chi connectivity index (χ2n) is 4.70. The maximum absolute atomic E-state index is 5.67. The minimum absolute atomic E-state index is 0.224. The Bertz CT molecular complexity index is 812. The van der Waals surface area contributed by atoms with Crippen molar-refractivity contribution in [1.82, 2.24) is 4.98 Å². The number of pyridine rings is 1. The number of amidine groups is 1. The molecular weight excluding hydrogens is 282 g/mol. The third-order valence-corrected chi connectivity index (χ3v) is 3.45. The van der Waals surface area contributed by atoms with Gasteiger partial charge in [0.2, 0.25) is 0 Å². The molecule has 0 aliphatic heterocycles. The van der Waals surface area contributed by atoms with E-state index in [-0.39, 0.29) is 5.88 Å². The predicted molar refractivity (Wildman–Crippen MR) is 89.2 cm³/mol. The van der Waals surface area contributed by atoms with Gasteiger partial charge in [-0.2, -0.15) is 0 Å². The fourth-order valence-electron chi connectivity index (χ4n) is 2.18. The Hall–Kier alpha value is -2.39. The van der Waals surface area contributed by atoms with Crippen LogP contribution < -0.4 is 5.73 Å². The molecule has 0 spiro atoms. The van der Waals surface area contributed by atoms with Gasteiger partial charge in [0.25, 0.3) is 0 Å². The molecule has 21 heavy (non-hydrogen) atoms. The Labute approximate surface area is 128 Å². The molecule has 3 aromatic rings. The standard InChI is InChI=1S/C17H14ClN3/c18-10-17(19)21-15-6-3-5-12(9-15)14-8-13-4-1-2-7-16(13)20-11-14/h1-9,11H,10H2,(H2,19,21). The normalized spacial score (nSPS) is 11.8. The van der Waals surface area contributed by atoms with Crippen molar-refractivity contribution in [1.29, 1.82) is 0 Å². The van der Waals surface area contributed by atoms with Crippen molar-refractivity contribution in [3.05, 3.63) is 60.8 Å². The molecule has 0 atom stereocenters. The molecule has 1 heterocycles. The van der Waals surface area contributed by atoms with E-state index in [1.54, 1.807) is 0 Å². The molecule has 3 nitrogen and oxygen atoms in total. The summed E-state index contributed by atoms with van der Waals surface area (Å²) in [6.07, 6.45) is 1.87. The predicted octanol–water partition coefficient (Wildman–Crippen LogP) is 4.13. The van der Waals surface area contributed by atoms with Gasteiger partial charge in [0.1, 0.15) is 5.84 Å². The molecule has 0 saturated heterocycles. The van der Waals surface area contributed by atoms with Crippen molar-refractivity contribution in [2.45, 2.75) is 0 Å². The molecule has 3 rings (SSSR count). The average molecular weight is 296 g/mol. The number of hydrogen-bond donors (Lipinski definition) is 1. The lowest BCUT2D eigenvalue weighted by Crippen LogP contribution is -2.12. The monoisotopic (exact) mass is 295 g/mol. The van der Waals surface area contributed by atoms with Gasteiger partial charge in [-0.3, -0.25) is 4.98 Å². The summed E-state index contributed by atoms with van der Waals surface area (Å²) in [6.45, 7) is 0. The Balaban J connectivity index is 2.04. The smallest absolute Gasteiger partial charge is 0.115 e. The maximum Gasteiger partial charge on any atom is 0.115 e. The number of para-hydroxylation sites is 1. The van der Waals surface area contributed by atoms with Crippen molar-refractivity contribution >= 4 is 34.0 Å². The van der Waals surface area contributed by atoms with E-state index in [1.165, 1.54) is 0 Å². The highest BCUT2D eigenvalue weighted by atomic mass is 35.5. The van der Waals surface area contributed by atoms with Gasteiger partial charge in [-0.05, 0) is 29.8 Å². The van der Waals surface area contributed by atoms with Crippen LogP contribution in [0.2, 0.25) is 0 Å². The number of aromatic nitrogens is 1. The third-order valence-electron chi connectivity index (χ3n) is 3.18. The topological polar surface area (TPSA) is 51.3 Å². The van der Waals surface area contributed by atoms with Crippen LogP contribution in [-0.4, -0.2) is 16.7 Å². The summed E-state index contributed by atoms with van der Waals surface area (Å²) in [5.41, 5.74) is 9.56. The number of fused-ring (bicyclic) bond motifs is 1. The van der Waals surface area contributed by atoms with E-state index in [2.05, 4.69) is 22.1 Å². The summed E-state index contributed by atoms with van der Waals surface area (Å²) in [5, 5.41) is 1.11. The Morgan fingerprint density at radius 1 is 1.05 bits per heavy atom. The number of nitrogens with zero attached hydrogens (tertiary/aromatic N) is 2. The quantitative estimate of drug-likeness (QED) is 0.449. The fraction of sp³-hybridized carbons (Fsp3) is 0.0588. The van der Waals surface area contributed by atoms with Crippen LogP contribution >= 0.6 is 11.6 Å². The summed E-state index contributed by atoms with van der Waals surface area (Å²) in [7, 11) is 0. The largest absolute Gasteiger partial charge is 0.386 e. The van der Waals surface area contributed by atoms with Crippen LogP contribution in [0.15, 0.2) is 65.8 Å². The van der Waals surface area contributed by atoms with E-state index in [4.69, 9.17) is 17.3 Å². The summed E-state index contributed by atoms with van der Waals surface area (Å²) in [4.78, 5) is 8.75. The molecule has 2 N–H and O–H groups in total. The van der Waals surface area contributed by atoms with Gasteiger partial charge in [0, 0.05) is 17.1 Å². The lowest BCUT2D eigenvalue weighted by Gasteiger charge is -2.05. The molecule has 0 amide bonds. The molecule has 0 unspecified atom stereocenters. The summed E-state index contributed by atoms with van der Waals surface area (Å²) in [6, 6.07) is 18.0. The van der Waals surface area contributed by atoms with Gasteiger partial charge in [-0.25, -0.2) is 4.99 Å². The maximum atomic E-state index is 5.67. The molecule has 4 heteroatoms. The highest BCUT2D eigenvalue weighted by molar-refractivity contribution is 6.28. The van der Waals surface area contributed by atoms with E-state index < -0.39 is 0 Å². The van der Waals surface area contributed by atoms with E-state index >= 15 is 0 Å². The van der Waals surface area contributed by atoms with Crippen molar-refractivity contribution in [3.63, 3.8) is 0 Å². The lowest BCUT2D eigenvalue weighted by atomic mass is 10.0. The summed E-state index contributed by atoms with van der Waals surface area (Å²) < 4.78 is 0.